The Morgan fingerprint density at radius 1 is 1.29 bits per heavy atom. The third-order valence-corrected chi connectivity index (χ3v) is 3.82. The highest BCUT2D eigenvalue weighted by Gasteiger charge is 2.25. The van der Waals surface area contributed by atoms with E-state index in [2.05, 4.69) is 15.6 Å². The summed E-state index contributed by atoms with van der Waals surface area (Å²) in [6.45, 7) is 0.822. The molecule has 1 fully saturated rings. The maximum atomic E-state index is 11.8. The first-order valence-corrected chi connectivity index (χ1v) is 7.37. The van der Waals surface area contributed by atoms with Crippen LogP contribution in [0.5, 0.6) is 0 Å². The molecule has 1 aromatic heterocycles. The highest BCUT2D eigenvalue weighted by atomic mass is 16.2. The Bertz CT molecular complexity index is 478. The van der Waals surface area contributed by atoms with E-state index in [1.54, 1.807) is 18.3 Å². The summed E-state index contributed by atoms with van der Waals surface area (Å²) in [4.78, 5) is 27.4. The molecule has 0 saturated heterocycles. The van der Waals surface area contributed by atoms with Gasteiger partial charge in [-0.3, -0.25) is 14.6 Å². The van der Waals surface area contributed by atoms with Gasteiger partial charge in [0.2, 0.25) is 5.91 Å². The molecule has 6 heteroatoms. The zero-order valence-electron chi connectivity index (χ0n) is 12.0. The van der Waals surface area contributed by atoms with Crippen LogP contribution in [0, 0.1) is 5.92 Å². The van der Waals surface area contributed by atoms with Crippen molar-refractivity contribution in [2.24, 2.45) is 11.7 Å². The van der Waals surface area contributed by atoms with Crippen molar-refractivity contribution in [3.8, 4) is 0 Å². The fourth-order valence-corrected chi connectivity index (χ4v) is 2.61. The molecule has 1 saturated carbocycles. The third-order valence-electron chi connectivity index (χ3n) is 3.82. The Hall–Kier alpha value is -1.95. The van der Waals surface area contributed by atoms with Crippen LogP contribution in [0.2, 0.25) is 0 Å². The van der Waals surface area contributed by atoms with Gasteiger partial charge in [0.25, 0.3) is 5.91 Å². The standard InChI is InChI=1S/C15H22N4O2/c16-13-5-1-3-11(13)9-14(20)18-7-8-19-15(21)12-4-2-6-17-10-12/h2,4,6,10-11,13H,1,3,5,7-9,16H2,(H,18,20)(H,19,21)/t11-,13+/m0/s1. The molecule has 0 spiro atoms. The van der Waals surface area contributed by atoms with Crippen molar-refractivity contribution in [1.29, 1.82) is 0 Å². The smallest absolute Gasteiger partial charge is 0.252 e. The van der Waals surface area contributed by atoms with E-state index < -0.39 is 0 Å². The molecule has 1 heterocycles. The average Bonchev–Trinajstić information content (AvgIpc) is 2.89. The lowest BCUT2D eigenvalue weighted by atomic mass is 10.00. The van der Waals surface area contributed by atoms with Crippen LogP contribution in [0.3, 0.4) is 0 Å². The fraction of sp³-hybridized carbons (Fsp3) is 0.533. The highest BCUT2D eigenvalue weighted by molar-refractivity contribution is 5.93. The minimum absolute atomic E-state index is 0.00739. The second-order valence-corrected chi connectivity index (χ2v) is 5.41. The monoisotopic (exact) mass is 290 g/mol. The summed E-state index contributed by atoms with van der Waals surface area (Å²) in [5.74, 6) is 0.123. The van der Waals surface area contributed by atoms with E-state index in [1.807, 2.05) is 0 Å². The molecule has 0 radical (unpaired) electrons. The van der Waals surface area contributed by atoms with E-state index in [0.717, 1.165) is 19.3 Å². The topological polar surface area (TPSA) is 97.1 Å². The second kappa shape index (κ2) is 7.73. The molecular formula is C15H22N4O2. The van der Waals surface area contributed by atoms with Gasteiger partial charge in [0.15, 0.2) is 0 Å². The summed E-state index contributed by atoms with van der Waals surface area (Å²) in [5.41, 5.74) is 6.46. The molecule has 1 aliphatic carbocycles. The molecule has 4 N–H and O–H groups in total. The number of pyridine rings is 1. The van der Waals surface area contributed by atoms with Crippen LogP contribution in [0.4, 0.5) is 0 Å². The van der Waals surface area contributed by atoms with Crippen molar-refractivity contribution >= 4 is 11.8 Å². The van der Waals surface area contributed by atoms with Crippen molar-refractivity contribution in [2.75, 3.05) is 13.1 Å². The lowest BCUT2D eigenvalue weighted by Crippen LogP contribution is -2.36. The SMILES string of the molecule is N[C@@H]1CCC[C@H]1CC(=O)NCCNC(=O)c1cccnc1. The van der Waals surface area contributed by atoms with Crippen LogP contribution >= 0.6 is 0 Å². The number of carbonyl (C=O) groups excluding carboxylic acids is 2. The zero-order valence-corrected chi connectivity index (χ0v) is 12.0. The zero-order chi connectivity index (χ0) is 15.1. The largest absolute Gasteiger partial charge is 0.354 e. The second-order valence-electron chi connectivity index (χ2n) is 5.41. The average molecular weight is 290 g/mol. The van der Waals surface area contributed by atoms with E-state index in [-0.39, 0.29) is 17.9 Å². The Morgan fingerprint density at radius 2 is 2.10 bits per heavy atom. The summed E-state index contributed by atoms with van der Waals surface area (Å²) in [6.07, 6.45) is 6.77. The Labute approximate surface area is 124 Å². The maximum absolute atomic E-state index is 11.8. The number of hydrogen-bond donors (Lipinski definition) is 3. The Kier molecular flexibility index (Phi) is 5.68. The molecule has 1 aromatic rings. The summed E-state index contributed by atoms with van der Waals surface area (Å²) >= 11 is 0. The predicted octanol–water partition coefficient (Wildman–Crippen LogP) is 0.445. The van der Waals surface area contributed by atoms with Crippen molar-refractivity contribution < 1.29 is 9.59 Å². The lowest BCUT2D eigenvalue weighted by Gasteiger charge is -2.14. The Morgan fingerprint density at radius 3 is 2.76 bits per heavy atom. The van der Waals surface area contributed by atoms with Gasteiger partial charge in [-0.1, -0.05) is 6.42 Å². The van der Waals surface area contributed by atoms with Gasteiger partial charge in [0, 0.05) is 37.9 Å². The number of aromatic nitrogens is 1. The molecule has 1 aliphatic rings. The quantitative estimate of drug-likeness (QED) is 0.662. The molecule has 6 nitrogen and oxygen atoms in total. The molecule has 0 aromatic carbocycles. The number of carbonyl (C=O) groups is 2. The molecule has 2 amide bonds. The van der Waals surface area contributed by atoms with Gasteiger partial charge >= 0.3 is 0 Å². The number of nitrogens with two attached hydrogens (primary N) is 1. The molecule has 0 unspecified atom stereocenters. The Balaban J connectivity index is 1.61. The molecule has 21 heavy (non-hydrogen) atoms. The maximum Gasteiger partial charge on any atom is 0.252 e. The van der Waals surface area contributed by atoms with Gasteiger partial charge in [0.05, 0.1) is 5.56 Å². The number of nitrogens with one attached hydrogen (secondary N) is 2. The first kappa shape index (κ1) is 15.4. The van der Waals surface area contributed by atoms with Gasteiger partial charge in [-0.25, -0.2) is 0 Å². The number of rotatable bonds is 6. The number of hydrogen-bond acceptors (Lipinski definition) is 4. The summed E-state index contributed by atoms with van der Waals surface area (Å²) in [5, 5.41) is 5.55. The van der Waals surface area contributed by atoms with Crippen LogP contribution in [0.15, 0.2) is 24.5 Å². The van der Waals surface area contributed by atoms with Crippen molar-refractivity contribution in [3.63, 3.8) is 0 Å². The van der Waals surface area contributed by atoms with Gasteiger partial charge in [-0.15, -0.1) is 0 Å². The van der Waals surface area contributed by atoms with Gasteiger partial charge in [-0.2, -0.15) is 0 Å². The summed E-state index contributed by atoms with van der Waals surface area (Å²) in [6, 6.07) is 3.56. The number of nitrogens with zero attached hydrogens (tertiary/aromatic N) is 1. The fourth-order valence-electron chi connectivity index (χ4n) is 2.61. The third kappa shape index (κ3) is 4.82. The van der Waals surface area contributed by atoms with Crippen molar-refractivity contribution in [1.82, 2.24) is 15.6 Å². The molecule has 0 aliphatic heterocycles. The van der Waals surface area contributed by atoms with Gasteiger partial charge < -0.3 is 16.4 Å². The lowest BCUT2D eigenvalue weighted by molar-refractivity contribution is -0.122. The first-order chi connectivity index (χ1) is 10.2. The van der Waals surface area contributed by atoms with E-state index in [0.29, 0.717) is 31.0 Å². The molecule has 2 rings (SSSR count). The summed E-state index contributed by atoms with van der Waals surface area (Å²) in [7, 11) is 0. The van der Waals surface area contributed by atoms with Crippen molar-refractivity contribution in [2.45, 2.75) is 31.7 Å². The van der Waals surface area contributed by atoms with Gasteiger partial charge in [0.1, 0.15) is 0 Å². The van der Waals surface area contributed by atoms with E-state index >= 15 is 0 Å². The van der Waals surface area contributed by atoms with E-state index in [9.17, 15) is 9.59 Å². The van der Waals surface area contributed by atoms with E-state index in [4.69, 9.17) is 5.73 Å². The normalized spacial score (nSPS) is 21.0. The molecule has 2 atom stereocenters. The van der Waals surface area contributed by atoms with Crippen LogP contribution in [0.25, 0.3) is 0 Å². The van der Waals surface area contributed by atoms with E-state index in [1.165, 1.54) is 6.20 Å². The van der Waals surface area contributed by atoms with Crippen LogP contribution in [-0.4, -0.2) is 35.9 Å². The number of amides is 2. The van der Waals surface area contributed by atoms with Crippen LogP contribution < -0.4 is 16.4 Å². The van der Waals surface area contributed by atoms with Crippen LogP contribution in [-0.2, 0) is 4.79 Å². The molecule has 0 bridgehead atoms. The minimum Gasteiger partial charge on any atom is -0.354 e. The molecular weight excluding hydrogens is 268 g/mol. The molecule has 114 valence electrons. The summed E-state index contributed by atoms with van der Waals surface area (Å²) < 4.78 is 0. The van der Waals surface area contributed by atoms with Crippen LogP contribution in [0.1, 0.15) is 36.0 Å². The van der Waals surface area contributed by atoms with Crippen molar-refractivity contribution in [3.05, 3.63) is 30.1 Å². The van der Waals surface area contributed by atoms with Gasteiger partial charge in [-0.05, 0) is 30.9 Å². The highest BCUT2D eigenvalue weighted by Crippen LogP contribution is 2.26. The first-order valence-electron chi connectivity index (χ1n) is 7.37. The minimum atomic E-state index is -0.185. The predicted molar refractivity (Wildman–Crippen MR) is 79.5 cm³/mol.